The minimum absolute atomic E-state index is 0.0309. The third-order valence-electron chi connectivity index (χ3n) is 2.17. The Morgan fingerprint density at radius 1 is 1.06 bits per heavy atom. The maximum Gasteiger partial charge on any atom is 0.264 e. The highest BCUT2D eigenvalue weighted by molar-refractivity contribution is 7.90. The Hall–Kier alpha value is -2.04. The topological polar surface area (TPSA) is 82.9 Å². The van der Waals surface area contributed by atoms with Gasteiger partial charge in [0, 0.05) is 14.8 Å². The maximum absolute atomic E-state index is 11.6. The van der Waals surface area contributed by atoms with Crippen LogP contribution in [-0.4, -0.2) is 8.42 Å². The zero-order valence-corrected chi connectivity index (χ0v) is 8.92. The van der Waals surface area contributed by atoms with Gasteiger partial charge in [-0.05, 0) is 17.0 Å². The fourth-order valence-corrected chi connectivity index (χ4v) is 2.41. The van der Waals surface area contributed by atoms with E-state index in [2.05, 4.69) is 9.43 Å². The van der Waals surface area contributed by atoms with Crippen molar-refractivity contribution in [2.75, 3.05) is 0 Å². The van der Waals surface area contributed by atoms with Gasteiger partial charge >= 0.3 is 0 Å². The second-order valence-corrected chi connectivity index (χ2v) is 4.68. The summed E-state index contributed by atoms with van der Waals surface area (Å²) in [6.45, 7) is 0. The summed E-state index contributed by atoms with van der Waals surface area (Å²) in [6, 6.07) is 11.8. The second kappa shape index (κ2) is 3.84. The van der Waals surface area contributed by atoms with Gasteiger partial charge < -0.3 is 0 Å². The Balaban J connectivity index is 2.85. The Bertz CT molecular complexity index is 683. The minimum atomic E-state index is -3.93. The summed E-state index contributed by atoms with van der Waals surface area (Å²) in [5, 5.41) is 1.34. The lowest BCUT2D eigenvalue weighted by atomic mass is 10.1. The number of nitrogens with zero attached hydrogens (tertiary/aromatic N) is 3. The van der Waals surface area contributed by atoms with Crippen molar-refractivity contribution in [2.24, 2.45) is 4.52 Å². The van der Waals surface area contributed by atoms with Crippen molar-refractivity contribution < 1.29 is 8.42 Å². The largest absolute Gasteiger partial charge is 0.264 e. The molecule has 0 amide bonds. The predicted molar refractivity (Wildman–Crippen MR) is 60.3 cm³/mol. The standard InChI is InChI=1S/C10H7N3O2S/c11-12-13-16(14,15)10-7-3-5-8-4-1-2-6-9(8)10/h1-7H. The summed E-state index contributed by atoms with van der Waals surface area (Å²) in [6.07, 6.45) is 0. The van der Waals surface area contributed by atoms with Gasteiger partial charge in [-0.1, -0.05) is 36.4 Å². The van der Waals surface area contributed by atoms with E-state index in [1.54, 1.807) is 30.3 Å². The summed E-state index contributed by atoms with van der Waals surface area (Å²) < 4.78 is 26.1. The lowest BCUT2D eigenvalue weighted by molar-refractivity contribution is 0.598. The van der Waals surface area contributed by atoms with Gasteiger partial charge in [0.1, 0.15) is 0 Å². The molecule has 0 saturated heterocycles. The molecule has 2 aromatic rings. The molecule has 0 saturated carbocycles. The fraction of sp³-hybridized carbons (Fsp3) is 0. The summed E-state index contributed by atoms with van der Waals surface area (Å²) in [5.74, 6) is 0. The van der Waals surface area contributed by atoms with Crippen molar-refractivity contribution in [3.8, 4) is 0 Å². The summed E-state index contributed by atoms with van der Waals surface area (Å²) in [5.41, 5.74) is 8.21. The van der Waals surface area contributed by atoms with E-state index in [-0.39, 0.29) is 4.90 Å². The van der Waals surface area contributed by atoms with Crippen LogP contribution < -0.4 is 0 Å². The number of fused-ring (bicyclic) bond motifs is 1. The summed E-state index contributed by atoms with van der Waals surface area (Å²) >= 11 is 0. The predicted octanol–water partition coefficient (Wildman–Crippen LogP) is 2.84. The highest BCUT2D eigenvalue weighted by Gasteiger charge is 2.14. The zero-order valence-electron chi connectivity index (χ0n) is 8.11. The first-order chi connectivity index (χ1) is 7.65. The molecule has 0 aliphatic rings. The van der Waals surface area contributed by atoms with Crippen LogP contribution in [0.4, 0.5) is 0 Å². The molecule has 0 radical (unpaired) electrons. The van der Waals surface area contributed by atoms with Gasteiger partial charge in [-0.2, -0.15) is 0 Å². The van der Waals surface area contributed by atoms with Crippen molar-refractivity contribution in [1.82, 2.24) is 0 Å². The van der Waals surface area contributed by atoms with Crippen LogP contribution in [-0.2, 0) is 10.0 Å². The third-order valence-corrected chi connectivity index (χ3v) is 3.37. The Kier molecular flexibility index (Phi) is 2.52. The maximum atomic E-state index is 11.6. The highest BCUT2D eigenvalue weighted by atomic mass is 32.2. The van der Waals surface area contributed by atoms with Crippen molar-refractivity contribution in [3.05, 3.63) is 52.9 Å². The van der Waals surface area contributed by atoms with E-state index in [9.17, 15) is 8.42 Å². The van der Waals surface area contributed by atoms with E-state index in [0.717, 1.165) is 5.39 Å². The highest BCUT2D eigenvalue weighted by Crippen LogP contribution is 2.24. The van der Waals surface area contributed by atoms with Crippen LogP contribution in [0, 0.1) is 0 Å². The van der Waals surface area contributed by atoms with Crippen LogP contribution in [0.15, 0.2) is 51.9 Å². The molecule has 16 heavy (non-hydrogen) atoms. The van der Waals surface area contributed by atoms with Crippen LogP contribution in [0.3, 0.4) is 0 Å². The molecule has 0 aromatic heterocycles. The number of hydrogen-bond donors (Lipinski definition) is 0. The Labute approximate surface area is 92.0 Å². The summed E-state index contributed by atoms with van der Waals surface area (Å²) in [4.78, 5) is 2.36. The van der Waals surface area contributed by atoms with Gasteiger partial charge in [0.2, 0.25) is 0 Å². The average molecular weight is 233 g/mol. The minimum Gasteiger partial charge on any atom is -0.216 e. The first kappa shape index (κ1) is 10.5. The molecule has 5 nitrogen and oxygen atoms in total. The van der Waals surface area contributed by atoms with Crippen LogP contribution >= 0.6 is 0 Å². The number of benzene rings is 2. The van der Waals surface area contributed by atoms with Crippen LogP contribution in [0.1, 0.15) is 0 Å². The normalized spacial score (nSPS) is 11.0. The van der Waals surface area contributed by atoms with E-state index in [4.69, 9.17) is 5.53 Å². The van der Waals surface area contributed by atoms with Gasteiger partial charge in [-0.3, -0.25) is 0 Å². The van der Waals surface area contributed by atoms with Crippen LogP contribution in [0.2, 0.25) is 0 Å². The SMILES string of the molecule is [N-]=[N+]=NS(=O)(=O)c1cccc2ccccc12. The van der Waals surface area contributed by atoms with Gasteiger partial charge in [-0.25, -0.2) is 8.42 Å². The van der Waals surface area contributed by atoms with Gasteiger partial charge in [0.15, 0.2) is 0 Å². The molecule has 0 spiro atoms. The van der Waals surface area contributed by atoms with Crippen LogP contribution in [0.5, 0.6) is 0 Å². The molecule has 6 heteroatoms. The molecule has 0 N–H and O–H groups in total. The number of azide groups is 1. The Morgan fingerprint density at radius 3 is 2.50 bits per heavy atom. The lowest BCUT2D eigenvalue weighted by Crippen LogP contribution is -1.96. The van der Waals surface area contributed by atoms with Gasteiger partial charge in [-0.15, -0.1) is 0 Å². The first-order valence-corrected chi connectivity index (χ1v) is 5.88. The molecule has 0 fully saturated rings. The monoisotopic (exact) mass is 233 g/mol. The molecule has 0 bridgehead atoms. The average Bonchev–Trinajstić information content (AvgIpc) is 2.28. The van der Waals surface area contributed by atoms with Crippen molar-refractivity contribution in [1.29, 1.82) is 0 Å². The quantitative estimate of drug-likeness (QED) is 0.454. The molecular weight excluding hydrogens is 226 g/mol. The van der Waals surface area contributed by atoms with E-state index < -0.39 is 10.0 Å². The Morgan fingerprint density at radius 2 is 1.75 bits per heavy atom. The van der Waals surface area contributed by atoms with E-state index in [0.29, 0.717) is 5.39 Å². The van der Waals surface area contributed by atoms with Crippen LogP contribution in [0.25, 0.3) is 21.2 Å². The molecule has 80 valence electrons. The summed E-state index contributed by atoms with van der Waals surface area (Å²) in [7, 11) is -3.93. The molecule has 0 aliphatic carbocycles. The van der Waals surface area contributed by atoms with Crippen molar-refractivity contribution >= 4 is 20.8 Å². The van der Waals surface area contributed by atoms with E-state index in [1.807, 2.05) is 6.07 Å². The number of rotatable bonds is 2. The molecule has 2 rings (SSSR count). The molecule has 2 aromatic carbocycles. The smallest absolute Gasteiger partial charge is 0.216 e. The van der Waals surface area contributed by atoms with Crippen molar-refractivity contribution in [3.63, 3.8) is 0 Å². The number of hydrogen-bond acceptors (Lipinski definition) is 2. The molecule has 0 aliphatic heterocycles. The number of sulfonamides is 1. The molecule has 0 unspecified atom stereocenters. The van der Waals surface area contributed by atoms with Gasteiger partial charge in [0.05, 0.1) is 4.90 Å². The van der Waals surface area contributed by atoms with E-state index in [1.165, 1.54) is 6.07 Å². The second-order valence-electron chi connectivity index (χ2n) is 3.12. The first-order valence-electron chi connectivity index (χ1n) is 4.44. The lowest BCUT2D eigenvalue weighted by Gasteiger charge is -2.02. The van der Waals surface area contributed by atoms with Gasteiger partial charge in [0.25, 0.3) is 10.0 Å². The third kappa shape index (κ3) is 1.71. The molecular formula is C10H7N3O2S. The molecule has 0 heterocycles. The zero-order chi connectivity index (χ0) is 11.6. The molecule has 0 atom stereocenters. The van der Waals surface area contributed by atoms with E-state index >= 15 is 0 Å². The fourth-order valence-electron chi connectivity index (χ4n) is 1.51. The van der Waals surface area contributed by atoms with Crippen molar-refractivity contribution in [2.45, 2.75) is 4.90 Å².